The van der Waals surface area contributed by atoms with Gasteiger partial charge in [0.2, 0.25) is 0 Å². The van der Waals surface area contributed by atoms with E-state index < -0.39 is 6.10 Å². The molecule has 2 nitrogen and oxygen atoms in total. The molecule has 0 aliphatic rings. The fraction of sp³-hybridized carbons (Fsp3) is 0.500. The summed E-state index contributed by atoms with van der Waals surface area (Å²) in [6, 6.07) is 1.78. The molecule has 0 aromatic carbocycles. The molecule has 0 aliphatic carbocycles. The van der Waals surface area contributed by atoms with Gasteiger partial charge in [-0.15, -0.1) is 0 Å². The predicted molar refractivity (Wildman–Crippen MR) is 21.8 cm³/mol. The van der Waals surface area contributed by atoms with Gasteiger partial charge in [0, 0.05) is 7.11 Å². The molecule has 0 fully saturated rings. The minimum Gasteiger partial charge on any atom is -0.367 e. The van der Waals surface area contributed by atoms with Crippen LogP contribution in [0.1, 0.15) is 0 Å². The molecular weight excluding hydrogens is 78.0 g/mol. The van der Waals surface area contributed by atoms with Gasteiger partial charge in [-0.25, -0.2) is 0 Å². The molecule has 1 radical (unpaired) electrons. The monoisotopic (exact) mass is 84.0 g/mol. The Balaban J connectivity index is 3.04. The number of nitriles is 1. The number of hydrogen-bond donors (Lipinski definition) is 0. The number of ether oxygens (including phenoxy) is 1. The Bertz CT molecular complexity index is 64.4. The summed E-state index contributed by atoms with van der Waals surface area (Å²) in [6.45, 7) is 3.29. The third-order valence-corrected chi connectivity index (χ3v) is 0.429. The van der Waals surface area contributed by atoms with Crippen molar-refractivity contribution in [3.8, 4) is 6.07 Å². The quantitative estimate of drug-likeness (QED) is 0.459. The minimum absolute atomic E-state index is 0.509. The number of nitrogens with zero attached hydrogens (tertiary/aromatic N) is 1. The van der Waals surface area contributed by atoms with E-state index >= 15 is 0 Å². The molecule has 0 heterocycles. The Morgan fingerprint density at radius 1 is 2.00 bits per heavy atom. The van der Waals surface area contributed by atoms with E-state index in [1.807, 2.05) is 0 Å². The SMILES string of the molecule is [CH2]C(C#N)OC. The van der Waals surface area contributed by atoms with Gasteiger partial charge >= 0.3 is 0 Å². The fourth-order valence-corrected chi connectivity index (χ4v) is 0.0527. The molecule has 0 saturated carbocycles. The molecule has 0 saturated heterocycles. The Hall–Kier alpha value is -0.550. The Morgan fingerprint density at radius 3 is 2.50 bits per heavy atom. The molecule has 0 N–H and O–H groups in total. The summed E-state index contributed by atoms with van der Waals surface area (Å²) in [4.78, 5) is 0. The van der Waals surface area contributed by atoms with Gasteiger partial charge in [0.05, 0.1) is 6.07 Å². The van der Waals surface area contributed by atoms with Gasteiger partial charge in [-0.2, -0.15) is 5.26 Å². The zero-order valence-electron chi connectivity index (χ0n) is 3.64. The summed E-state index contributed by atoms with van der Waals surface area (Å²) in [5, 5.41) is 7.90. The topological polar surface area (TPSA) is 33.0 Å². The molecule has 0 bridgehead atoms. The van der Waals surface area contributed by atoms with Gasteiger partial charge in [0.1, 0.15) is 6.10 Å². The highest BCUT2D eigenvalue weighted by molar-refractivity contribution is 4.84. The molecule has 0 aliphatic heterocycles. The molecule has 0 aromatic heterocycles. The molecule has 2 heteroatoms. The maximum absolute atomic E-state index is 7.90. The van der Waals surface area contributed by atoms with Crippen LogP contribution >= 0.6 is 0 Å². The highest BCUT2D eigenvalue weighted by atomic mass is 16.5. The standard InChI is InChI=1S/C4H6NO/c1-4(3-5)6-2/h4H,1H2,2H3. The second-order valence-electron chi connectivity index (χ2n) is 0.853. The van der Waals surface area contributed by atoms with Crippen molar-refractivity contribution in [2.75, 3.05) is 7.11 Å². The highest BCUT2D eigenvalue weighted by Gasteiger charge is 1.88. The first-order valence-electron chi connectivity index (χ1n) is 1.56. The first-order chi connectivity index (χ1) is 2.81. The fourth-order valence-electron chi connectivity index (χ4n) is 0.0527. The maximum Gasteiger partial charge on any atom is 0.143 e. The first kappa shape index (κ1) is 5.45. The van der Waals surface area contributed by atoms with E-state index in [-0.39, 0.29) is 0 Å². The van der Waals surface area contributed by atoms with Crippen molar-refractivity contribution in [3.05, 3.63) is 6.92 Å². The van der Waals surface area contributed by atoms with Crippen molar-refractivity contribution in [3.63, 3.8) is 0 Å². The average molecular weight is 84.1 g/mol. The van der Waals surface area contributed by atoms with Crippen molar-refractivity contribution in [2.45, 2.75) is 6.10 Å². The van der Waals surface area contributed by atoms with Crippen LogP contribution in [-0.4, -0.2) is 13.2 Å². The molecule has 0 spiro atoms. The van der Waals surface area contributed by atoms with Crippen LogP contribution in [0.15, 0.2) is 0 Å². The number of methoxy groups -OCH3 is 1. The Kier molecular flexibility index (Phi) is 2.43. The normalized spacial score (nSPS) is 12.8. The zero-order valence-corrected chi connectivity index (χ0v) is 3.64. The van der Waals surface area contributed by atoms with E-state index in [0.717, 1.165) is 0 Å². The van der Waals surface area contributed by atoms with Crippen LogP contribution < -0.4 is 0 Å². The molecule has 33 valence electrons. The van der Waals surface area contributed by atoms with Crippen molar-refractivity contribution in [2.24, 2.45) is 0 Å². The number of rotatable bonds is 1. The summed E-state index contributed by atoms with van der Waals surface area (Å²) in [5.74, 6) is 0. The second kappa shape index (κ2) is 2.67. The molecule has 1 unspecified atom stereocenters. The molecule has 6 heavy (non-hydrogen) atoms. The zero-order chi connectivity index (χ0) is 4.99. The van der Waals surface area contributed by atoms with Gasteiger partial charge in [-0.1, -0.05) is 0 Å². The lowest BCUT2D eigenvalue weighted by molar-refractivity contribution is 0.181. The lowest BCUT2D eigenvalue weighted by Gasteiger charge is -1.91. The van der Waals surface area contributed by atoms with Gasteiger partial charge < -0.3 is 4.74 Å². The summed E-state index contributed by atoms with van der Waals surface area (Å²) in [7, 11) is 1.45. The smallest absolute Gasteiger partial charge is 0.143 e. The van der Waals surface area contributed by atoms with Crippen LogP contribution in [0.3, 0.4) is 0 Å². The van der Waals surface area contributed by atoms with E-state index in [1.165, 1.54) is 7.11 Å². The van der Waals surface area contributed by atoms with Gasteiger partial charge in [0.25, 0.3) is 0 Å². The van der Waals surface area contributed by atoms with Gasteiger partial charge in [-0.05, 0) is 6.92 Å². The molecular formula is C4H6NO. The van der Waals surface area contributed by atoms with Crippen LogP contribution in [0.25, 0.3) is 0 Å². The van der Waals surface area contributed by atoms with Crippen LogP contribution in [0.2, 0.25) is 0 Å². The van der Waals surface area contributed by atoms with E-state index in [2.05, 4.69) is 11.7 Å². The Labute approximate surface area is 37.3 Å². The van der Waals surface area contributed by atoms with Crippen LogP contribution in [0, 0.1) is 18.3 Å². The van der Waals surface area contributed by atoms with Crippen LogP contribution in [0.4, 0.5) is 0 Å². The van der Waals surface area contributed by atoms with Gasteiger partial charge in [0.15, 0.2) is 0 Å². The third kappa shape index (κ3) is 1.74. The summed E-state index contributed by atoms with van der Waals surface area (Å²) < 4.78 is 4.43. The van der Waals surface area contributed by atoms with E-state index in [0.29, 0.717) is 0 Å². The third-order valence-electron chi connectivity index (χ3n) is 0.429. The molecule has 1 atom stereocenters. The summed E-state index contributed by atoms with van der Waals surface area (Å²) in [5.41, 5.74) is 0. The van der Waals surface area contributed by atoms with Crippen LogP contribution in [0.5, 0.6) is 0 Å². The van der Waals surface area contributed by atoms with Crippen molar-refractivity contribution in [1.82, 2.24) is 0 Å². The van der Waals surface area contributed by atoms with Crippen molar-refractivity contribution in [1.29, 1.82) is 5.26 Å². The van der Waals surface area contributed by atoms with E-state index in [1.54, 1.807) is 6.07 Å². The summed E-state index contributed by atoms with van der Waals surface area (Å²) in [6.07, 6.45) is -0.509. The predicted octanol–water partition coefficient (Wildman–Crippen LogP) is 0.359. The maximum atomic E-state index is 7.90. The van der Waals surface area contributed by atoms with E-state index in [9.17, 15) is 0 Å². The average Bonchev–Trinajstić information content (AvgIpc) is 1.65. The van der Waals surface area contributed by atoms with Crippen molar-refractivity contribution >= 4 is 0 Å². The molecule has 0 amide bonds. The van der Waals surface area contributed by atoms with Crippen molar-refractivity contribution < 1.29 is 4.74 Å². The summed E-state index contributed by atoms with van der Waals surface area (Å²) >= 11 is 0. The Morgan fingerprint density at radius 2 is 2.50 bits per heavy atom. The van der Waals surface area contributed by atoms with Gasteiger partial charge in [-0.3, -0.25) is 0 Å². The van der Waals surface area contributed by atoms with Crippen LogP contribution in [-0.2, 0) is 4.74 Å². The van der Waals surface area contributed by atoms with E-state index in [4.69, 9.17) is 5.26 Å². The molecule has 0 aromatic rings. The first-order valence-corrected chi connectivity index (χ1v) is 1.56. The lowest BCUT2D eigenvalue weighted by Crippen LogP contribution is -1.98. The highest BCUT2D eigenvalue weighted by Crippen LogP contribution is 1.77. The lowest BCUT2D eigenvalue weighted by atomic mass is 10.5. The largest absolute Gasteiger partial charge is 0.367 e. The number of hydrogen-bond acceptors (Lipinski definition) is 2. The molecule has 0 rings (SSSR count). The minimum atomic E-state index is -0.509. The second-order valence-corrected chi connectivity index (χ2v) is 0.853.